The third-order valence-corrected chi connectivity index (χ3v) is 3.74. The van der Waals surface area contributed by atoms with Gasteiger partial charge < -0.3 is 0 Å². The number of rotatable bonds is 2. The Morgan fingerprint density at radius 1 is 0.905 bits per heavy atom. The monoisotopic (exact) mass is 277 g/mol. The second kappa shape index (κ2) is 5.37. The fourth-order valence-electron chi connectivity index (χ4n) is 2.51. The number of hydrogen-bond donors (Lipinski definition) is 1. The highest BCUT2D eigenvalue weighted by Crippen LogP contribution is 2.26. The average molecular weight is 277 g/mol. The quantitative estimate of drug-likeness (QED) is 0.677. The van der Waals surface area contributed by atoms with E-state index >= 15 is 0 Å². The summed E-state index contributed by atoms with van der Waals surface area (Å²) in [6.45, 7) is 1.88. The van der Waals surface area contributed by atoms with Gasteiger partial charge in [0.25, 0.3) is 5.91 Å². The van der Waals surface area contributed by atoms with Gasteiger partial charge in [-0.3, -0.25) is 14.9 Å². The lowest BCUT2D eigenvalue weighted by Gasteiger charge is -2.07. The van der Waals surface area contributed by atoms with Gasteiger partial charge in [-0.2, -0.15) is 0 Å². The molecule has 0 bridgehead atoms. The van der Waals surface area contributed by atoms with Crippen molar-refractivity contribution >= 4 is 17.4 Å². The zero-order valence-electron chi connectivity index (χ0n) is 11.7. The number of nitrogens with one attached hydrogen (secondary N) is 1. The molecule has 2 aromatic carbocycles. The fourth-order valence-corrected chi connectivity index (χ4v) is 2.51. The van der Waals surface area contributed by atoms with E-state index in [1.165, 1.54) is 0 Å². The summed E-state index contributed by atoms with van der Waals surface area (Å²) in [6, 6.07) is 18.2. The Balaban J connectivity index is 1.93. The number of carbonyl (C=O) groups excluding carboxylic acids is 2. The Labute approximate surface area is 123 Å². The molecule has 21 heavy (non-hydrogen) atoms. The normalized spacial score (nSPS) is 16.8. The number of benzene rings is 2. The molecule has 1 N–H and O–H groups in total. The van der Waals surface area contributed by atoms with Crippen molar-refractivity contribution in [2.45, 2.75) is 13.3 Å². The molecule has 3 rings (SSSR count). The van der Waals surface area contributed by atoms with Crippen LogP contribution in [0.4, 0.5) is 0 Å². The smallest absolute Gasteiger partial charge is 0.254 e. The topological polar surface area (TPSA) is 46.2 Å². The van der Waals surface area contributed by atoms with Crippen LogP contribution in [0.2, 0.25) is 0 Å². The van der Waals surface area contributed by atoms with Crippen LogP contribution in [0.15, 0.2) is 60.2 Å². The molecule has 0 aromatic heterocycles. The van der Waals surface area contributed by atoms with E-state index in [1.54, 1.807) is 0 Å². The summed E-state index contributed by atoms with van der Waals surface area (Å²) in [4.78, 5) is 23.0. The maximum Gasteiger partial charge on any atom is 0.254 e. The van der Waals surface area contributed by atoms with Gasteiger partial charge in [0.05, 0.1) is 6.42 Å². The van der Waals surface area contributed by atoms with Crippen molar-refractivity contribution in [3.05, 3.63) is 65.7 Å². The molecule has 1 heterocycles. The summed E-state index contributed by atoms with van der Waals surface area (Å²) in [6.07, 6.45) is 0.172. The van der Waals surface area contributed by atoms with Gasteiger partial charge >= 0.3 is 0 Å². The van der Waals surface area contributed by atoms with E-state index in [4.69, 9.17) is 0 Å². The van der Waals surface area contributed by atoms with Crippen molar-refractivity contribution < 1.29 is 9.59 Å². The first-order valence-electron chi connectivity index (χ1n) is 6.85. The van der Waals surface area contributed by atoms with Gasteiger partial charge in [0.1, 0.15) is 0 Å². The van der Waals surface area contributed by atoms with Gasteiger partial charge in [0.2, 0.25) is 5.91 Å². The number of amides is 2. The third kappa shape index (κ3) is 2.63. The minimum Gasteiger partial charge on any atom is -0.292 e. The van der Waals surface area contributed by atoms with Crippen LogP contribution in [-0.2, 0) is 9.59 Å². The second-order valence-corrected chi connectivity index (χ2v) is 5.10. The molecule has 0 unspecified atom stereocenters. The third-order valence-electron chi connectivity index (χ3n) is 3.74. The summed E-state index contributed by atoms with van der Waals surface area (Å²) >= 11 is 0. The zero-order valence-corrected chi connectivity index (χ0v) is 11.7. The van der Waals surface area contributed by atoms with Crippen molar-refractivity contribution in [1.82, 2.24) is 5.32 Å². The molecule has 0 saturated carbocycles. The number of allylic oxidation sites excluding steroid dienone is 1. The van der Waals surface area contributed by atoms with Crippen LogP contribution in [0.3, 0.4) is 0 Å². The minimum absolute atomic E-state index is 0.172. The molecule has 1 aliphatic heterocycles. The first-order valence-corrected chi connectivity index (χ1v) is 6.85. The molecule has 3 heteroatoms. The lowest BCUT2D eigenvalue weighted by Crippen LogP contribution is -2.19. The lowest BCUT2D eigenvalue weighted by molar-refractivity contribution is -0.124. The average Bonchev–Trinajstić information content (AvgIpc) is 2.86. The van der Waals surface area contributed by atoms with Crippen molar-refractivity contribution in [3.8, 4) is 11.1 Å². The van der Waals surface area contributed by atoms with Gasteiger partial charge in [0.15, 0.2) is 0 Å². The van der Waals surface area contributed by atoms with Crippen LogP contribution in [-0.4, -0.2) is 11.8 Å². The van der Waals surface area contributed by atoms with E-state index in [1.807, 2.05) is 49.4 Å². The Hall–Kier alpha value is -2.68. The standard InChI is InChI=1S/C18H15NO2/c1-12(16-11-17(20)19-18(16)21)13-7-9-15(10-8-13)14-5-3-2-4-6-14/h2-10H,11H2,1H3,(H,19,20,21). The molecule has 0 radical (unpaired) electrons. The SMILES string of the molecule is CC(=C1CC(=O)NC1=O)c1ccc(-c2ccccc2)cc1. The largest absolute Gasteiger partial charge is 0.292 e. The van der Waals surface area contributed by atoms with Crippen LogP contribution in [0.1, 0.15) is 18.9 Å². The predicted octanol–water partition coefficient (Wildman–Crippen LogP) is 3.17. The van der Waals surface area contributed by atoms with Crippen LogP contribution >= 0.6 is 0 Å². The minimum atomic E-state index is -0.273. The zero-order chi connectivity index (χ0) is 14.8. The molecule has 0 atom stereocenters. The Morgan fingerprint density at radius 3 is 2.10 bits per heavy atom. The van der Waals surface area contributed by atoms with Gasteiger partial charge in [-0.15, -0.1) is 0 Å². The first-order chi connectivity index (χ1) is 10.1. The summed E-state index contributed by atoms with van der Waals surface area (Å²) in [5.74, 6) is -0.500. The van der Waals surface area contributed by atoms with Crippen LogP contribution in [0.25, 0.3) is 16.7 Å². The highest BCUT2D eigenvalue weighted by Gasteiger charge is 2.26. The van der Waals surface area contributed by atoms with E-state index in [0.29, 0.717) is 5.57 Å². The molecular formula is C18H15NO2. The molecule has 104 valence electrons. The van der Waals surface area contributed by atoms with Crippen molar-refractivity contribution in [3.63, 3.8) is 0 Å². The molecule has 2 aromatic rings. The fraction of sp³-hybridized carbons (Fsp3) is 0.111. The van der Waals surface area contributed by atoms with Crippen LogP contribution in [0, 0.1) is 0 Å². The molecule has 0 spiro atoms. The van der Waals surface area contributed by atoms with Gasteiger partial charge in [0, 0.05) is 5.57 Å². The molecule has 1 saturated heterocycles. The van der Waals surface area contributed by atoms with E-state index in [2.05, 4.69) is 17.4 Å². The van der Waals surface area contributed by atoms with Crippen molar-refractivity contribution in [2.75, 3.05) is 0 Å². The van der Waals surface area contributed by atoms with E-state index < -0.39 is 0 Å². The highest BCUT2D eigenvalue weighted by molar-refractivity contribution is 6.17. The summed E-state index contributed by atoms with van der Waals surface area (Å²) in [5.41, 5.74) is 4.67. The molecule has 2 amide bonds. The Kier molecular flexibility index (Phi) is 3.40. The van der Waals surface area contributed by atoms with Crippen LogP contribution in [0.5, 0.6) is 0 Å². The Bertz CT molecular complexity index is 728. The number of carbonyl (C=O) groups is 2. The summed E-state index contributed by atoms with van der Waals surface area (Å²) in [5, 5.41) is 2.32. The molecular weight excluding hydrogens is 262 g/mol. The first kappa shape index (κ1) is 13.3. The highest BCUT2D eigenvalue weighted by atomic mass is 16.2. The summed E-state index contributed by atoms with van der Waals surface area (Å²) < 4.78 is 0. The molecule has 1 fully saturated rings. The Morgan fingerprint density at radius 2 is 1.52 bits per heavy atom. The van der Waals surface area contributed by atoms with Crippen LogP contribution < -0.4 is 5.32 Å². The lowest BCUT2D eigenvalue weighted by atomic mass is 9.97. The number of hydrogen-bond acceptors (Lipinski definition) is 2. The predicted molar refractivity (Wildman–Crippen MR) is 82.2 cm³/mol. The van der Waals surface area contributed by atoms with E-state index in [0.717, 1.165) is 22.3 Å². The van der Waals surface area contributed by atoms with Gasteiger partial charge in [-0.05, 0) is 29.2 Å². The van der Waals surface area contributed by atoms with Gasteiger partial charge in [-0.25, -0.2) is 0 Å². The van der Waals surface area contributed by atoms with Crippen molar-refractivity contribution in [1.29, 1.82) is 0 Å². The molecule has 1 aliphatic rings. The van der Waals surface area contributed by atoms with E-state index in [9.17, 15) is 9.59 Å². The van der Waals surface area contributed by atoms with Gasteiger partial charge in [-0.1, -0.05) is 54.6 Å². The summed E-state index contributed by atoms with van der Waals surface area (Å²) in [7, 11) is 0. The van der Waals surface area contributed by atoms with Crippen molar-refractivity contribution in [2.24, 2.45) is 0 Å². The molecule has 0 aliphatic carbocycles. The van der Waals surface area contributed by atoms with E-state index in [-0.39, 0.29) is 18.2 Å². The molecule has 3 nitrogen and oxygen atoms in total. The maximum absolute atomic E-state index is 11.7. The maximum atomic E-state index is 11.7. The second-order valence-electron chi connectivity index (χ2n) is 5.10. The number of imide groups is 1.